The lowest BCUT2D eigenvalue weighted by Gasteiger charge is -2.12. The number of hydrogen-bond donors (Lipinski definition) is 1. The van der Waals surface area contributed by atoms with Gasteiger partial charge in [0.2, 0.25) is 5.88 Å². The summed E-state index contributed by atoms with van der Waals surface area (Å²) >= 11 is 0. The zero-order chi connectivity index (χ0) is 22.1. The van der Waals surface area contributed by atoms with Gasteiger partial charge in [-0.05, 0) is 61.9 Å². The van der Waals surface area contributed by atoms with Crippen LogP contribution in [-0.4, -0.2) is 27.8 Å². The normalized spacial score (nSPS) is 12.6. The largest absolute Gasteiger partial charge is 0.492 e. The van der Waals surface area contributed by atoms with Crippen molar-refractivity contribution >= 4 is 17.1 Å². The lowest BCUT2D eigenvalue weighted by Crippen LogP contribution is -2.08. The molecule has 5 heteroatoms. The van der Waals surface area contributed by atoms with E-state index in [1.165, 1.54) is 19.0 Å². The van der Waals surface area contributed by atoms with E-state index in [2.05, 4.69) is 29.9 Å². The van der Waals surface area contributed by atoms with E-state index in [0.717, 1.165) is 43.4 Å². The summed E-state index contributed by atoms with van der Waals surface area (Å²) in [5, 5.41) is 9.43. The minimum atomic E-state index is -0.276. The third-order valence-corrected chi connectivity index (χ3v) is 5.28. The number of halogens is 1. The number of hydrogen-bond acceptors (Lipinski definition) is 4. The fraction of sp³-hybridized carbons (Fsp3) is 0.385. The second-order valence-electron chi connectivity index (χ2n) is 7.89. The molecule has 164 valence electrons. The molecule has 1 heterocycles. The van der Waals surface area contributed by atoms with Crippen LogP contribution in [0.2, 0.25) is 0 Å². The van der Waals surface area contributed by atoms with E-state index < -0.39 is 0 Å². The molecule has 0 fully saturated rings. The quantitative estimate of drug-likeness (QED) is 0.341. The SMILES string of the molecule is CCCCCOC(C)CCC/C=C/c1ccc(-c2ccc3nc(O)cnc3c2)c(F)c1. The van der Waals surface area contributed by atoms with Crippen LogP contribution >= 0.6 is 0 Å². The number of aromatic hydroxyl groups is 1. The highest BCUT2D eigenvalue weighted by atomic mass is 19.1. The van der Waals surface area contributed by atoms with Gasteiger partial charge in [-0.1, -0.05) is 50.1 Å². The van der Waals surface area contributed by atoms with Crippen LogP contribution in [-0.2, 0) is 4.74 Å². The molecule has 0 bridgehead atoms. The van der Waals surface area contributed by atoms with E-state index in [4.69, 9.17) is 4.74 Å². The molecule has 0 amide bonds. The Hall–Kier alpha value is -2.79. The number of fused-ring (bicyclic) bond motifs is 1. The second kappa shape index (κ2) is 11.6. The van der Waals surface area contributed by atoms with Crippen molar-refractivity contribution in [3.63, 3.8) is 0 Å². The van der Waals surface area contributed by atoms with Crippen LogP contribution in [0.5, 0.6) is 5.88 Å². The van der Waals surface area contributed by atoms with Crippen LogP contribution < -0.4 is 0 Å². The Bertz CT molecular complexity index is 1020. The van der Waals surface area contributed by atoms with Crippen LogP contribution in [0.1, 0.15) is 57.9 Å². The van der Waals surface area contributed by atoms with Crippen LogP contribution in [0, 0.1) is 5.82 Å². The summed E-state index contributed by atoms with van der Waals surface area (Å²) < 4.78 is 20.5. The lowest BCUT2D eigenvalue weighted by molar-refractivity contribution is 0.0566. The molecule has 1 N–H and O–H groups in total. The molecule has 0 aliphatic carbocycles. The molecule has 0 saturated carbocycles. The summed E-state index contributed by atoms with van der Waals surface area (Å²) in [5.41, 5.74) is 3.28. The maximum Gasteiger partial charge on any atom is 0.230 e. The van der Waals surface area contributed by atoms with E-state index in [-0.39, 0.29) is 17.8 Å². The molecular weight excluding hydrogens is 391 g/mol. The Morgan fingerprint density at radius 3 is 2.77 bits per heavy atom. The Kier molecular flexibility index (Phi) is 8.53. The monoisotopic (exact) mass is 422 g/mol. The average Bonchev–Trinajstić information content (AvgIpc) is 2.76. The van der Waals surface area contributed by atoms with E-state index in [1.54, 1.807) is 30.3 Å². The first-order valence-electron chi connectivity index (χ1n) is 11.1. The van der Waals surface area contributed by atoms with Gasteiger partial charge in [0.05, 0.1) is 23.3 Å². The van der Waals surface area contributed by atoms with Crippen LogP contribution in [0.4, 0.5) is 4.39 Å². The van der Waals surface area contributed by atoms with E-state index in [9.17, 15) is 9.50 Å². The van der Waals surface area contributed by atoms with Crippen molar-refractivity contribution in [3.8, 4) is 17.0 Å². The average molecular weight is 423 g/mol. The molecule has 0 radical (unpaired) electrons. The first-order chi connectivity index (χ1) is 15.1. The Labute approximate surface area is 183 Å². The van der Waals surface area contributed by atoms with Crippen molar-refractivity contribution in [2.75, 3.05) is 6.61 Å². The first-order valence-corrected chi connectivity index (χ1v) is 11.1. The second-order valence-corrected chi connectivity index (χ2v) is 7.89. The third kappa shape index (κ3) is 6.86. The smallest absolute Gasteiger partial charge is 0.230 e. The molecule has 3 rings (SSSR count). The van der Waals surface area contributed by atoms with Gasteiger partial charge in [-0.3, -0.25) is 0 Å². The van der Waals surface area contributed by atoms with Crippen LogP contribution in [0.3, 0.4) is 0 Å². The van der Waals surface area contributed by atoms with E-state index in [1.807, 2.05) is 12.1 Å². The van der Waals surface area contributed by atoms with Gasteiger partial charge in [0.25, 0.3) is 0 Å². The zero-order valence-electron chi connectivity index (χ0n) is 18.4. The maximum absolute atomic E-state index is 14.7. The molecule has 0 aliphatic heterocycles. The van der Waals surface area contributed by atoms with Crippen LogP contribution in [0.15, 0.2) is 48.7 Å². The highest BCUT2D eigenvalue weighted by Crippen LogP contribution is 2.27. The number of rotatable bonds is 11. The molecule has 3 aromatic rings. The summed E-state index contributed by atoms with van der Waals surface area (Å²) in [6, 6.07) is 10.6. The molecule has 31 heavy (non-hydrogen) atoms. The molecule has 0 saturated heterocycles. The van der Waals surface area contributed by atoms with Crippen molar-refractivity contribution in [2.24, 2.45) is 0 Å². The Morgan fingerprint density at radius 1 is 1.10 bits per heavy atom. The molecule has 1 aromatic heterocycles. The zero-order valence-corrected chi connectivity index (χ0v) is 18.4. The van der Waals surface area contributed by atoms with Crippen molar-refractivity contribution in [2.45, 2.75) is 58.5 Å². The molecule has 4 nitrogen and oxygen atoms in total. The van der Waals surface area contributed by atoms with Gasteiger partial charge in [-0.15, -0.1) is 0 Å². The summed E-state index contributed by atoms with van der Waals surface area (Å²) in [5.74, 6) is -0.404. The number of unbranched alkanes of at least 4 members (excludes halogenated alkanes) is 3. The molecule has 1 atom stereocenters. The van der Waals surface area contributed by atoms with Crippen molar-refractivity contribution in [1.29, 1.82) is 0 Å². The first kappa shape index (κ1) is 22.9. The molecule has 0 aliphatic rings. The number of aromatic nitrogens is 2. The highest BCUT2D eigenvalue weighted by molar-refractivity contribution is 5.81. The van der Waals surface area contributed by atoms with Gasteiger partial charge in [0.15, 0.2) is 0 Å². The molecule has 0 spiro atoms. The summed E-state index contributed by atoms with van der Waals surface area (Å²) in [6.45, 7) is 5.18. The van der Waals surface area contributed by atoms with Gasteiger partial charge in [-0.25, -0.2) is 14.4 Å². The van der Waals surface area contributed by atoms with E-state index in [0.29, 0.717) is 16.6 Å². The van der Waals surface area contributed by atoms with Gasteiger partial charge in [0.1, 0.15) is 5.82 Å². The Morgan fingerprint density at radius 2 is 1.97 bits per heavy atom. The molecule has 2 aromatic carbocycles. The Balaban J connectivity index is 1.53. The summed E-state index contributed by atoms with van der Waals surface area (Å²) in [4.78, 5) is 8.16. The van der Waals surface area contributed by atoms with Crippen molar-refractivity contribution < 1.29 is 14.2 Å². The van der Waals surface area contributed by atoms with Gasteiger partial charge in [-0.2, -0.15) is 0 Å². The highest BCUT2D eigenvalue weighted by Gasteiger charge is 2.08. The number of ether oxygens (including phenoxy) is 1. The summed E-state index contributed by atoms with van der Waals surface area (Å²) in [7, 11) is 0. The van der Waals surface area contributed by atoms with Gasteiger partial charge < -0.3 is 9.84 Å². The minimum absolute atomic E-state index is 0.128. The fourth-order valence-corrected chi connectivity index (χ4v) is 3.50. The molecule has 1 unspecified atom stereocenters. The third-order valence-electron chi connectivity index (χ3n) is 5.28. The van der Waals surface area contributed by atoms with Gasteiger partial charge in [0, 0.05) is 12.2 Å². The van der Waals surface area contributed by atoms with Gasteiger partial charge >= 0.3 is 0 Å². The minimum Gasteiger partial charge on any atom is -0.492 e. The standard InChI is InChI=1S/C26H31FN2O2/c1-3-4-8-15-31-19(2)9-6-5-7-10-20-11-13-22(23(27)16-20)21-12-14-24-25(17-21)28-18-26(30)29-24/h7,10-14,16-19H,3-6,8-9,15H2,1-2H3,(H,29,30)/b10-7+. The van der Waals surface area contributed by atoms with Crippen LogP contribution in [0.25, 0.3) is 28.2 Å². The lowest BCUT2D eigenvalue weighted by atomic mass is 10.0. The van der Waals surface area contributed by atoms with E-state index >= 15 is 0 Å². The number of allylic oxidation sites excluding steroid dienone is 1. The molecular formula is C26H31FN2O2. The predicted octanol–water partition coefficient (Wildman–Crippen LogP) is 6.92. The fourth-order valence-electron chi connectivity index (χ4n) is 3.50. The summed E-state index contributed by atoms with van der Waals surface area (Å²) in [6.07, 6.45) is 12.3. The van der Waals surface area contributed by atoms with Crippen molar-refractivity contribution in [3.05, 3.63) is 60.1 Å². The predicted molar refractivity (Wildman–Crippen MR) is 124 cm³/mol. The van der Waals surface area contributed by atoms with Crippen molar-refractivity contribution in [1.82, 2.24) is 9.97 Å². The maximum atomic E-state index is 14.7. The number of benzene rings is 2. The topological polar surface area (TPSA) is 55.2 Å². The number of nitrogens with zero attached hydrogens (tertiary/aromatic N) is 2.